The molecule has 0 aromatic heterocycles. The molecule has 102 valence electrons. The van der Waals surface area contributed by atoms with Crippen LogP contribution in [0.2, 0.25) is 0 Å². The van der Waals surface area contributed by atoms with E-state index in [1.54, 1.807) is 0 Å². The summed E-state index contributed by atoms with van der Waals surface area (Å²) in [6.45, 7) is 0. The van der Waals surface area contributed by atoms with Crippen LogP contribution < -0.4 is 11.1 Å². The van der Waals surface area contributed by atoms with Gasteiger partial charge in [-0.25, -0.2) is 0 Å². The second kappa shape index (κ2) is 5.82. The van der Waals surface area contributed by atoms with Crippen molar-refractivity contribution in [3.8, 4) is 0 Å². The van der Waals surface area contributed by atoms with E-state index in [9.17, 15) is 4.79 Å². The van der Waals surface area contributed by atoms with Crippen LogP contribution in [0.15, 0.2) is 5.16 Å². The van der Waals surface area contributed by atoms with Gasteiger partial charge < -0.3 is 16.3 Å². The molecule has 1 heterocycles. The standard InChI is InChI=1S/C12H21N3O2S/c13-11(15-17)12(5-2-1-3-6-12)14-10(16)9-4-7-18-8-9/h9,17H,1-8H2,(H2,13,15)(H,14,16). The van der Waals surface area contributed by atoms with Gasteiger partial charge in [-0.15, -0.1) is 0 Å². The predicted molar refractivity (Wildman–Crippen MR) is 72.8 cm³/mol. The van der Waals surface area contributed by atoms with Crippen molar-refractivity contribution >= 4 is 23.5 Å². The van der Waals surface area contributed by atoms with Crippen LogP contribution in [-0.4, -0.2) is 34.0 Å². The van der Waals surface area contributed by atoms with E-state index in [0.717, 1.165) is 50.0 Å². The Morgan fingerprint density at radius 2 is 2.11 bits per heavy atom. The number of carbonyl (C=O) groups is 1. The van der Waals surface area contributed by atoms with Gasteiger partial charge in [0.05, 0.1) is 0 Å². The highest BCUT2D eigenvalue weighted by Gasteiger charge is 2.39. The molecule has 1 atom stereocenters. The van der Waals surface area contributed by atoms with Crippen LogP contribution in [-0.2, 0) is 4.79 Å². The molecule has 1 saturated heterocycles. The van der Waals surface area contributed by atoms with E-state index in [4.69, 9.17) is 10.9 Å². The molecule has 2 fully saturated rings. The molecule has 0 aromatic rings. The van der Waals surface area contributed by atoms with Crippen LogP contribution in [0.3, 0.4) is 0 Å². The number of nitrogens with two attached hydrogens (primary N) is 1. The molecule has 0 aromatic carbocycles. The first kappa shape index (κ1) is 13.5. The fraction of sp³-hybridized carbons (Fsp3) is 0.833. The molecule has 2 rings (SSSR count). The van der Waals surface area contributed by atoms with E-state index in [1.165, 1.54) is 0 Å². The van der Waals surface area contributed by atoms with Crippen molar-refractivity contribution in [1.82, 2.24) is 5.32 Å². The number of nitrogens with zero attached hydrogens (tertiary/aromatic N) is 1. The van der Waals surface area contributed by atoms with Gasteiger partial charge in [-0.1, -0.05) is 24.4 Å². The fourth-order valence-corrected chi connectivity index (χ4v) is 4.00. The average molecular weight is 271 g/mol. The quantitative estimate of drug-likeness (QED) is 0.312. The Balaban J connectivity index is 2.07. The summed E-state index contributed by atoms with van der Waals surface area (Å²) in [5.74, 6) is 2.24. The maximum atomic E-state index is 12.2. The van der Waals surface area contributed by atoms with E-state index < -0.39 is 5.54 Å². The van der Waals surface area contributed by atoms with Gasteiger partial charge in [-0.05, 0) is 25.0 Å². The molecular weight excluding hydrogens is 250 g/mol. The summed E-state index contributed by atoms with van der Waals surface area (Å²) in [6, 6.07) is 0. The van der Waals surface area contributed by atoms with Crippen molar-refractivity contribution < 1.29 is 10.0 Å². The van der Waals surface area contributed by atoms with Crippen molar-refractivity contribution in [1.29, 1.82) is 0 Å². The van der Waals surface area contributed by atoms with E-state index in [1.807, 2.05) is 11.8 Å². The van der Waals surface area contributed by atoms with Crippen molar-refractivity contribution in [2.24, 2.45) is 16.8 Å². The molecule has 1 unspecified atom stereocenters. The maximum Gasteiger partial charge on any atom is 0.224 e. The zero-order chi connectivity index (χ0) is 13.0. The molecule has 0 radical (unpaired) electrons. The van der Waals surface area contributed by atoms with Gasteiger partial charge >= 0.3 is 0 Å². The molecule has 18 heavy (non-hydrogen) atoms. The van der Waals surface area contributed by atoms with Gasteiger partial charge in [0, 0.05) is 11.7 Å². The Labute approximate surface area is 112 Å². The molecule has 0 bridgehead atoms. The van der Waals surface area contributed by atoms with E-state index >= 15 is 0 Å². The number of hydrogen-bond acceptors (Lipinski definition) is 4. The molecule has 4 N–H and O–H groups in total. The molecule has 1 amide bonds. The van der Waals surface area contributed by atoms with Gasteiger partial charge in [0.1, 0.15) is 5.54 Å². The minimum absolute atomic E-state index is 0.0634. The number of thioether (sulfide) groups is 1. The summed E-state index contributed by atoms with van der Waals surface area (Å²) in [5, 5.41) is 15.1. The smallest absolute Gasteiger partial charge is 0.224 e. The molecule has 0 spiro atoms. The van der Waals surface area contributed by atoms with Crippen LogP contribution in [0.1, 0.15) is 38.5 Å². The van der Waals surface area contributed by atoms with Crippen LogP contribution >= 0.6 is 11.8 Å². The number of hydrogen-bond donors (Lipinski definition) is 3. The van der Waals surface area contributed by atoms with Crippen LogP contribution in [0, 0.1) is 5.92 Å². The number of amides is 1. The zero-order valence-corrected chi connectivity index (χ0v) is 11.3. The van der Waals surface area contributed by atoms with E-state index in [0.29, 0.717) is 0 Å². The highest BCUT2D eigenvalue weighted by molar-refractivity contribution is 7.99. The first-order chi connectivity index (χ1) is 8.68. The first-order valence-corrected chi connectivity index (χ1v) is 7.71. The van der Waals surface area contributed by atoms with Gasteiger partial charge in [-0.3, -0.25) is 4.79 Å². The molecule has 1 aliphatic heterocycles. The third-order valence-electron chi connectivity index (χ3n) is 3.97. The summed E-state index contributed by atoms with van der Waals surface area (Å²) < 4.78 is 0. The normalized spacial score (nSPS) is 28.0. The van der Waals surface area contributed by atoms with Gasteiger partial charge in [0.25, 0.3) is 0 Å². The maximum absolute atomic E-state index is 12.2. The first-order valence-electron chi connectivity index (χ1n) is 6.56. The number of carbonyl (C=O) groups excluding carboxylic acids is 1. The topological polar surface area (TPSA) is 87.7 Å². The zero-order valence-electron chi connectivity index (χ0n) is 10.5. The van der Waals surface area contributed by atoms with Crippen LogP contribution in [0.25, 0.3) is 0 Å². The second-order valence-electron chi connectivity index (χ2n) is 5.18. The van der Waals surface area contributed by atoms with E-state index in [2.05, 4.69) is 10.5 Å². The Kier molecular flexibility index (Phi) is 4.37. The number of oxime groups is 1. The molecule has 1 aliphatic carbocycles. The summed E-state index contributed by atoms with van der Waals surface area (Å²) in [5.41, 5.74) is 5.20. The lowest BCUT2D eigenvalue weighted by atomic mass is 9.80. The summed E-state index contributed by atoms with van der Waals surface area (Å²) in [6.07, 6.45) is 5.65. The lowest BCUT2D eigenvalue weighted by molar-refractivity contribution is -0.125. The Morgan fingerprint density at radius 3 is 2.67 bits per heavy atom. The lowest BCUT2D eigenvalue weighted by Crippen LogP contribution is -2.59. The van der Waals surface area contributed by atoms with Gasteiger partial charge in [0.15, 0.2) is 5.84 Å². The Bertz CT molecular complexity index is 334. The van der Waals surface area contributed by atoms with Gasteiger partial charge in [0.2, 0.25) is 5.91 Å². The summed E-state index contributed by atoms with van der Waals surface area (Å²) in [7, 11) is 0. The highest BCUT2D eigenvalue weighted by atomic mass is 32.2. The molecule has 1 saturated carbocycles. The average Bonchev–Trinajstić information content (AvgIpc) is 2.93. The van der Waals surface area contributed by atoms with Crippen molar-refractivity contribution in [3.05, 3.63) is 0 Å². The van der Waals surface area contributed by atoms with Crippen molar-refractivity contribution in [3.63, 3.8) is 0 Å². The minimum atomic E-state index is -0.614. The number of rotatable bonds is 3. The largest absolute Gasteiger partial charge is 0.409 e. The van der Waals surface area contributed by atoms with Crippen molar-refractivity contribution in [2.45, 2.75) is 44.1 Å². The lowest BCUT2D eigenvalue weighted by Gasteiger charge is -2.37. The van der Waals surface area contributed by atoms with Crippen LogP contribution in [0.5, 0.6) is 0 Å². The summed E-state index contributed by atoms with van der Waals surface area (Å²) in [4.78, 5) is 12.2. The van der Waals surface area contributed by atoms with E-state index in [-0.39, 0.29) is 17.7 Å². The summed E-state index contributed by atoms with van der Waals surface area (Å²) >= 11 is 1.81. The third-order valence-corrected chi connectivity index (χ3v) is 5.13. The van der Waals surface area contributed by atoms with Crippen LogP contribution in [0.4, 0.5) is 0 Å². The Hall–Kier alpha value is -0.910. The SMILES string of the molecule is NC(=NO)C1(NC(=O)C2CCSC2)CCCCC1. The third kappa shape index (κ3) is 2.74. The predicted octanol–water partition coefficient (Wildman–Crippen LogP) is 1.30. The highest BCUT2D eigenvalue weighted by Crippen LogP contribution is 2.30. The second-order valence-corrected chi connectivity index (χ2v) is 6.33. The van der Waals surface area contributed by atoms with Gasteiger partial charge in [-0.2, -0.15) is 11.8 Å². The van der Waals surface area contributed by atoms with Crippen molar-refractivity contribution in [2.75, 3.05) is 11.5 Å². The molecule has 5 nitrogen and oxygen atoms in total. The molecular formula is C12H21N3O2S. The number of amidine groups is 1. The monoisotopic (exact) mass is 271 g/mol. The molecule has 2 aliphatic rings. The number of nitrogens with one attached hydrogen (secondary N) is 1. The fourth-order valence-electron chi connectivity index (χ4n) is 2.78. The minimum Gasteiger partial charge on any atom is -0.409 e. The molecule has 6 heteroatoms. The Morgan fingerprint density at radius 1 is 1.39 bits per heavy atom.